The summed E-state index contributed by atoms with van der Waals surface area (Å²) in [7, 11) is 0. The Labute approximate surface area is 176 Å². The SMILES string of the molecule is O=c1c(Cl)c(N2CCN(c3ccc(Cl)cc3)CC2)cnn1-c1cccc(Cl)n1. The fourth-order valence-electron chi connectivity index (χ4n) is 3.18. The van der Waals surface area contributed by atoms with Crippen LogP contribution in [0.5, 0.6) is 0 Å². The maximum absolute atomic E-state index is 12.7. The minimum Gasteiger partial charge on any atom is -0.368 e. The maximum atomic E-state index is 12.7. The molecule has 1 aliphatic rings. The van der Waals surface area contributed by atoms with Gasteiger partial charge in [0.25, 0.3) is 5.56 Å². The van der Waals surface area contributed by atoms with E-state index in [0.717, 1.165) is 41.6 Å². The summed E-state index contributed by atoms with van der Waals surface area (Å²) in [6.07, 6.45) is 1.60. The van der Waals surface area contributed by atoms with Gasteiger partial charge in [0.05, 0.1) is 11.9 Å². The highest BCUT2D eigenvalue weighted by atomic mass is 35.5. The standard InChI is InChI=1S/C19H16Cl3N5O/c20-13-4-6-14(7-5-13)25-8-10-26(11-9-25)15-12-23-27(19(28)18(15)22)17-3-1-2-16(21)24-17/h1-7,12H,8-11H2. The fourth-order valence-corrected chi connectivity index (χ4v) is 3.71. The van der Waals surface area contributed by atoms with Crippen LogP contribution in [0.1, 0.15) is 0 Å². The second-order valence-corrected chi connectivity index (χ2v) is 7.53. The number of pyridine rings is 1. The zero-order valence-corrected chi connectivity index (χ0v) is 17.0. The summed E-state index contributed by atoms with van der Waals surface area (Å²) in [4.78, 5) is 21.1. The summed E-state index contributed by atoms with van der Waals surface area (Å²) in [6.45, 7) is 3.06. The van der Waals surface area contributed by atoms with Crippen LogP contribution in [0.25, 0.3) is 5.82 Å². The molecule has 1 fully saturated rings. The molecule has 4 rings (SSSR count). The van der Waals surface area contributed by atoms with Crippen LogP contribution in [-0.2, 0) is 0 Å². The van der Waals surface area contributed by atoms with E-state index in [4.69, 9.17) is 34.8 Å². The lowest BCUT2D eigenvalue weighted by Crippen LogP contribution is -2.47. The predicted octanol–water partition coefficient (Wildman–Crippen LogP) is 3.91. The van der Waals surface area contributed by atoms with Gasteiger partial charge in [0.1, 0.15) is 10.2 Å². The van der Waals surface area contributed by atoms with E-state index >= 15 is 0 Å². The third-order valence-electron chi connectivity index (χ3n) is 4.63. The molecule has 144 valence electrons. The number of anilines is 2. The van der Waals surface area contributed by atoms with Gasteiger partial charge in [-0.2, -0.15) is 9.78 Å². The quantitative estimate of drug-likeness (QED) is 0.583. The van der Waals surface area contributed by atoms with Crippen molar-refractivity contribution in [1.29, 1.82) is 0 Å². The first-order valence-electron chi connectivity index (χ1n) is 8.69. The van der Waals surface area contributed by atoms with E-state index in [1.807, 2.05) is 24.3 Å². The zero-order valence-electron chi connectivity index (χ0n) is 14.7. The minimum atomic E-state index is -0.422. The molecule has 28 heavy (non-hydrogen) atoms. The summed E-state index contributed by atoms with van der Waals surface area (Å²) >= 11 is 18.3. The van der Waals surface area contributed by atoms with Crippen molar-refractivity contribution in [2.45, 2.75) is 0 Å². The maximum Gasteiger partial charge on any atom is 0.293 e. The Kier molecular flexibility index (Phi) is 5.44. The van der Waals surface area contributed by atoms with E-state index in [9.17, 15) is 4.79 Å². The van der Waals surface area contributed by atoms with Crippen LogP contribution in [0.15, 0.2) is 53.5 Å². The average molecular weight is 437 g/mol. The molecule has 3 heterocycles. The number of benzene rings is 1. The van der Waals surface area contributed by atoms with Crippen molar-refractivity contribution in [2.75, 3.05) is 36.0 Å². The first-order valence-corrected chi connectivity index (χ1v) is 9.82. The molecule has 1 saturated heterocycles. The van der Waals surface area contributed by atoms with E-state index in [2.05, 4.69) is 19.9 Å². The third-order valence-corrected chi connectivity index (χ3v) is 5.45. The van der Waals surface area contributed by atoms with Crippen LogP contribution < -0.4 is 15.4 Å². The smallest absolute Gasteiger partial charge is 0.293 e. The highest BCUT2D eigenvalue weighted by Gasteiger charge is 2.22. The van der Waals surface area contributed by atoms with Crippen LogP contribution in [0.4, 0.5) is 11.4 Å². The van der Waals surface area contributed by atoms with E-state index in [1.54, 1.807) is 24.4 Å². The first-order chi connectivity index (χ1) is 13.5. The van der Waals surface area contributed by atoms with Gasteiger partial charge in [-0.25, -0.2) is 4.98 Å². The van der Waals surface area contributed by atoms with Gasteiger partial charge in [0.15, 0.2) is 5.82 Å². The number of halogens is 3. The summed E-state index contributed by atoms with van der Waals surface area (Å²) in [5, 5.41) is 5.36. The summed E-state index contributed by atoms with van der Waals surface area (Å²) in [5.74, 6) is 0.332. The monoisotopic (exact) mass is 435 g/mol. The molecular formula is C19H16Cl3N5O. The lowest BCUT2D eigenvalue weighted by atomic mass is 10.2. The molecule has 0 spiro atoms. The number of piperazine rings is 1. The highest BCUT2D eigenvalue weighted by molar-refractivity contribution is 6.33. The Morgan fingerprint density at radius 3 is 2.21 bits per heavy atom. The molecular weight excluding hydrogens is 421 g/mol. The Bertz CT molecular complexity index is 1050. The highest BCUT2D eigenvalue weighted by Crippen LogP contribution is 2.25. The summed E-state index contributed by atoms with van der Waals surface area (Å²) in [6, 6.07) is 12.8. The van der Waals surface area contributed by atoms with Crippen LogP contribution in [0, 0.1) is 0 Å². The largest absolute Gasteiger partial charge is 0.368 e. The van der Waals surface area contributed by atoms with Crippen molar-refractivity contribution in [3.63, 3.8) is 0 Å². The van der Waals surface area contributed by atoms with Crippen LogP contribution in [0.2, 0.25) is 15.2 Å². The molecule has 0 aliphatic carbocycles. The topological polar surface area (TPSA) is 54.3 Å². The Hall–Kier alpha value is -2.28. The van der Waals surface area contributed by atoms with E-state index in [0.29, 0.717) is 11.5 Å². The van der Waals surface area contributed by atoms with Gasteiger partial charge in [-0.1, -0.05) is 40.9 Å². The molecule has 2 aromatic heterocycles. The normalized spacial score (nSPS) is 14.4. The van der Waals surface area contributed by atoms with Gasteiger partial charge < -0.3 is 9.80 Å². The van der Waals surface area contributed by atoms with Crippen molar-refractivity contribution in [3.05, 3.63) is 74.2 Å². The van der Waals surface area contributed by atoms with E-state index < -0.39 is 5.56 Å². The van der Waals surface area contributed by atoms with Crippen LogP contribution >= 0.6 is 34.8 Å². The molecule has 1 aromatic carbocycles. The first kappa shape index (κ1) is 19.1. The van der Waals surface area contributed by atoms with Crippen molar-refractivity contribution < 1.29 is 0 Å². The summed E-state index contributed by atoms with van der Waals surface area (Å²) in [5.41, 5.74) is 1.32. The summed E-state index contributed by atoms with van der Waals surface area (Å²) < 4.78 is 1.15. The van der Waals surface area contributed by atoms with Gasteiger partial charge >= 0.3 is 0 Å². The molecule has 0 atom stereocenters. The Morgan fingerprint density at radius 1 is 0.857 bits per heavy atom. The van der Waals surface area contributed by atoms with E-state index in [1.165, 1.54) is 0 Å². The number of hydrogen-bond donors (Lipinski definition) is 0. The van der Waals surface area contributed by atoms with Crippen molar-refractivity contribution in [1.82, 2.24) is 14.8 Å². The molecule has 6 nitrogen and oxygen atoms in total. The van der Waals surface area contributed by atoms with Crippen molar-refractivity contribution in [2.24, 2.45) is 0 Å². The Balaban J connectivity index is 1.53. The molecule has 9 heteroatoms. The van der Waals surface area contributed by atoms with Gasteiger partial charge in [-0.3, -0.25) is 4.79 Å². The van der Waals surface area contributed by atoms with E-state index in [-0.39, 0.29) is 10.2 Å². The molecule has 0 unspecified atom stereocenters. The molecule has 1 aliphatic heterocycles. The molecule has 0 radical (unpaired) electrons. The number of hydrogen-bond acceptors (Lipinski definition) is 5. The lowest BCUT2D eigenvalue weighted by molar-refractivity contribution is 0.648. The molecule has 0 N–H and O–H groups in total. The number of rotatable bonds is 3. The van der Waals surface area contributed by atoms with Crippen molar-refractivity contribution >= 4 is 46.2 Å². The molecule has 3 aromatic rings. The number of aromatic nitrogens is 3. The molecule has 0 amide bonds. The number of nitrogens with zero attached hydrogens (tertiary/aromatic N) is 5. The predicted molar refractivity (Wildman–Crippen MR) is 114 cm³/mol. The van der Waals surface area contributed by atoms with Crippen LogP contribution in [-0.4, -0.2) is 40.9 Å². The average Bonchev–Trinajstić information content (AvgIpc) is 2.71. The lowest BCUT2D eigenvalue weighted by Gasteiger charge is -2.37. The van der Waals surface area contributed by atoms with Crippen molar-refractivity contribution in [3.8, 4) is 5.82 Å². The van der Waals surface area contributed by atoms with Gasteiger partial charge in [0.2, 0.25) is 0 Å². The van der Waals surface area contributed by atoms with Gasteiger partial charge in [-0.05, 0) is 36.4 Å². The minimum absolute atomic E-state index is 0.122. The van der Waals surface area contributed by atoms with Gasteiger partial charge in [0, 0.05) is 36.9 Å². The molecule has 0 saturated carbocycles. The Morgan fingerprint density at radius 2 is 1.54 bits per heavy atom. The van der Waals surface area contributed by atoms with Crippen LogP contribution in [0.3, 0.4) is 0 Å². The molecule has 0 bridgehead atoms. The second kappa shape index (κ2) is 7.99. The fraction of sp³-hybridized carbons (Fsp3) is 0.211. The zero-order chi connectivity index (χ0) is 19.7. The second-order valence-electron chi connectivity index (χ2n) is 6.33. The van der Waals surface area contributed by atoms with Gasteiger partial charge in [-0.15, -0.1) is 0 Å². The third kappa shape index (κ3) is 3.81.